The third kappa shape index (κ3) is 3.90. The van der Waals surface area contributed by atoms with E-state index >= 15 is 0 Å². The van der Waals surface area contributed by atoms with Crippen molar-refractivity contribution in [2.75, 3.05) is 5.32 Å². The predicted octanol–water partition coefficient (Wildman–Crippen LogP) is 2.81. The number of nitrogens with zero attached hydrogens (tertiary/aromatic N) is 3. The van der Waals surface area contributed by atoms with Crippen molar-refractivity contribution >= 4 is 46.0 Å². The Labute approximate surface area is 179 Å². The maximum absolute atomic E-state index is 12.6. The molecule has 0 bridgehead atoms. The number of carbonyl (C=O) groups is 1. The van der Waals surface area contributed by atoms with Crippen LogP contribution in [-0.2, 0) is 12.2 Å². The third-order valence-corrected chi connectivity index (χ3v) is 5.13. The van der Waals surface area contributed by atoms with Gasteiger partial charge in [-0.25, -0.2) is 9.97 Å². The molecule has 6 radical (unpaired) electrons. The highest BCUT2D eigenvalue weighted by Gasteiger charge is 2.14. The summed E-state index contributed by atoms with van der Waals surface area (Å²) in [5, 5.41) is 3.32. The van der Waals surface area contributed by atoms with Gasteiger partial charge in [-0.1, -0.05) is 29.8 Å². The summed E-state index contributed by atoms with van der Waals surface area (Å²) in [4.78, 5) is 21.3. The molecule has 8 heteroatoms. The Bertz CT molecular complexity index is 1240. The van der Waals surface area contributed by atoms with Crippen molar-refractivity contribution in [1.29, 1.82) is 0 Å². The molecule has 0 fully saturated rings. The summed E-state index contributed by atoms with van der Waals surface area (Å²) in [5.41, 5.74) is 3.04. The summed E-state index contributed by atoms with van der Waals surface area (Å²) in [7, 11) is 19.0. The second-order valence-electron chi connectivity index (χ2n) is 7.35. The van der Waals surface area contributed by atoms with Crippen LogP contribution in [0.4, 0.5) is 5.82 Å². The number of anilines is 1. The van der Waals surface area contributed by atoms with Crippen molar-refractivity contribution in [2.45, 2.75) is 12.0 Å². The number of aryl methyl sites for hydroxylation is 1. The molecule has 4 rings (SSSR count). The number of hydrogen-bond acceptors (Lipinski definition) is 3. The van der Waals surface area contributed by atoms with E-state index in [1.165, 1.54) is 0 Å². The van der Waals surface area contributed by atoms with Gasteiger partial charge in [-0.15, -0.1) is 5.11 Å². The molecule has 5 nitrogen and oxygen atoms in total. The number of carbonyl (C=O) groups excluding carboxylic acids is 1. The smallest absolute Gasteiger partial charge is 0.256 e. The number of rotatable bonds is 4. The molecule has 1 amide bonds. The zero-order chi connectivity index (χ0) is 21.5. The Hall–Kier alpha value is -3.28. The molecule has 0 unspecified atom stereocenters. The molecule has 0 saturated carbocycles. The van der Waals surface area contributed by atoms with E-state index in [1.54, 1.807) is 30.5 Å². The molecular weight excluding hydrogens is 369 g/mol. The Balaban J connectivity index is 1.60. The second-order valence-corrected chi connectivity index (χ2v) is 7.35. The van der Waals surface area contributed by atoms with Crippen LogP contribution in [0, 0.1) is 6.92 Å². The number of imidazole rings is 1. The fourth-order valence-corrected chi connectivity index (χ4v) is 3.24. The summed E-state index contributed by atoms with van der Waals surface area (Å²) in [6.45, 7) is 1.96. The number of fused-ring (bicyclic) bond motifs is 1. The average molecular weight is 386 g/mol. The summed E-state index contributed by atoms with van der Waals surface area (Å²) >= 11 is 0. The Kier molecular flexibility index (Phi) is 5.02. The molecular formula is C22H17B3N4O. The topological polar surface area (TPSA) is 59.8 Å². The first-order chi connectivity index (χ1) is 14.2. The molecule has 1 N–H and O–H groups in total. The van der Waals surface area contributed by atoms with Gasteiger partial charge in [-0.05, 0) is 36.6 Å². The zero-order valence-electron chi connectivity index (χ0n) is 16.8. The van der Waals surface area contributed by atoms with Gasteiger partial charge in [-0.3, -0.25) is 4.79 Å². The molecule has 4 aromatic rings. The molecule has 2 aromatic heterocycles. The lowest BCUT2D eigenvalue weighted by molar-refractivity contribution is 0.102. The molecule has 140 valence electrons. The van der Waals surface area contributed by atoms with Crippen molar-refractivity contribution in [3.63, 3.8) is 0 Å². The van der Waals surface area contributed by atoms with Gasteiger partial charge in [0.1, 0.15) is 11.6 Å². The maximum atomic E-state index is 12.6. The minimum absolute atomic E-state index is 0.288. The zero-order valence-corrected chi connectivity index (χ0v) is 16.8. The predicted molar refractivity (Wildman–Crippen MR) is 122 cm³/mol. The molecule has 2 heterocycles. The number of nitrogens with one attached hydrogen (secondary N) is 1. The summed E-state index contributed by atoms with van der Waals surface area (Å²) in [5.74, 6) is 1.11. The monoisotopic (exact) mass is 386 g/mol. The van der Waals surface area contributed by atoms with Crippen LogP contribution in [0.15, 0.2) is 60.9 Å². The van der Waals surface area contributed by atoms with Crippen molar-refractivity contribution < 1.29 is 4.79 Å². The van der Waals surface area contributed by atoms with E-state index < -0.39 is 5.11 Å². The Morgan fingerprint density at radius 1 is 0.967 bits per heavy atom. The van der Waals surface area contributed by atoms with Crippen LogP contribution in [0.25, 0.3) is 22.0 Å². The molecule has 0 aliphatic carbocycles. The lowest BCUT2D eigenvalue weighted by Crippen LogP contribution is -2.27. The normalized spacial score (nSPS) is 11.5. The van der Waals surface area contributed by atoms with Gasteiger partial charge < -0.3 is 9.88 Å². The Morgan fingerprint density at radius 3 is 2.33 bits per heavy atom. The van der Waals surface area contributed by atoms with Crippen LogP contribution in [0.3, 0.4) is 0 Å². The maximum Gasteiger partial charge on any atom is 0.256 e. The van der Waals surface area contributed by atoms with Gasteiger partial charge in [0, 0.05) is 29.8 Å². The average Bonchev–Trinajstić information content (AvgIpc) is 3.05. The summed E-state index contributed by atoms with van der Waals surface area (Å²) < 4.78 is 2.04. The van der Waals surface area contributed by atoms with Crippen LogP contribution >= 0.6 is 0 Å². The Morgan fingerprint density at radius 2 is 1.70 bits per heavy atom. The van der Waals surface area contributed by atoms with Gasteiger partial charge in [0.2, 0.25) is 0 Å². The van der Waals surface area contributed by atoms with Crippen LogP contribution in [0.5, 0.6) is 0 Å². The number of benzene rings is 2. The quantitative estimate of drug-likeness (QED) is 0.549. The highest BCUT2D eigenvalue weighted by Crippen LogP contribution is 2.26. The standard InChI is InChI=1S/C22H17B3N4O/c1-13-26-12-19(29(13)2)15-3-4-16-11-27-20(10-17(16)9-15)28-21(30)14-5-7-18(8-6-14)22(23,24)25/h3-12H,1-2H3,(H,27,28,30). The lowest BCUT2D eigenvalue weighted by atomic mass is 9.40. The van der Waals surface area contributed by atoms with Gasteiger partial charge in [0.05, 0.1) is 35.4 Å². The van der Waals surface area contributed by atoms with Crippen LogP contribution in [-0.4, -0.2) is 44.0 Å². The molecule has 0 saturated heterocycles. The van der Waals surface area contributed by atoms with Crippen molar-refractivity contribution in [2.24, 2.45) is 7.05 Å². The number of hydrogen-bond donors (Lipinski definition) is 1. The van der Waals surface area contributed by atoms with E-state index in [9.17, 15) is 4.79 Å². The summed E-state index contributed by atoms with van der Waals surface area (Å²) in [6, 6.07) is 14.4. The van der Waals surface area contributed by atoms with Crippen LogP contribution in [0.2, 0.25) is 0 Å². The fourth-order valence-electron chi connectivity index (χ4n) is 3.24. The first-order valence-corrected chi connectivity index (χ1v) is 9.39. The highest BCUT2D eigenvalue weighted by atomic mass is 16.1. The van der Waals surface area contributed by atoms with Gasteiger partial charge in [0.25, 0.3) is 5.91 Å². The molecule has 30 heavy (non-hydrogen) atoms. The van der Waals surface area contributed by atoms with E-state index in [4.69, 9.17) is 23.5 Å². The SMILES string of the molecule is [B]C([B])([B])c1ccc(C(=O)Nc2cc3cc(-c4cnc(C)n4C)ccc3cn2)cc1. The molecule has 0 aliphatic heterocycles. The van der Waals surface area contributed by atoms with E-state index in [0.717, 1.165) is 27.9 Å². The minimum Gasteiger partial charge on any atom is -0.331 e. The first kappa shape index (κ1) is 20.0. The minimum atomic E-state index is -1.45. The van der Waals surface area contributed by atoms with E-state index in [0.29, 0.717) is 16.9 Å². The fraction of sp³-hybridized carbons (Fsp3) is 0.136. The van der Waals surface area contributed by atoms with Crippen molar-refractivity contribution in [1.82, 2.24) is 14.5 Å². The molecule has 2 aromatic carbocycles. The second kappa shape index (κ2) is 7.52. The number of aromatic nitrogens is 3. The van der Waals surface area contributed by atoms with Crippen LogP contribution < -0.4 is 5.32 Å². The van der Waals surface area contributed by atoms with Gasteiger partial charge >= 0.3 is 0 Å². The largest absolute Gasteiger partial charge is 0.331 e. The van der Waals surface area contributed by atoms with Crippen LogP contribution in [0.1, 0.15) is 21.7 Å². The van der Waals surface area contributed by atoms with Crippen molar-refractivity contribution in [3.05, 3.63) is 77.9 Å². The van der Waals surface area contributed by atoms with Gasteiger partial charge in [0.15, 0.2) is 0 Å². The molecule has 0 spiro atoms. The van der Waals surface area contributed by atoms with Gasteiger partial charge in [-0.2, -0.15) is 0 Å². The molecule has 0 atom stereocenters. The van der Waals surface area contributed by atoms with E-state index in [1.807, 2.05) is 42.9 Å². The van der Waals surface area contributed by atoms with Crippen molar-refractivity contribution in [3.8, 4) is 11.3 Å². The number of amides is 1. The molecule has 0 aliphatic rings. The lowest BCUT2D eigenvalue weighted by Gasteiger charge is -2.20. The summed E-state index contributed by atoms with van der Waals surface area (Å²) in [6.07, 6.45) is 3.58. The first-order valence-electron chi connectivity index (χ1n) is 9.39. The highest BCUT2D eigenvalue weighted by molar-refractivity contribution is 6.58. The third-order valence-electron chi connectivity index (χ3n) is 5.13. The van der Waals surface area contributed by atoms with E-state index in [-0.39, 0.29) is 5.91 Å². The van der Waals surface area contributed by atoms with E-state index in [2.05, 4.69) is 21.4 Å². The number of pyridine rings is 1.